The first-order valence-corrected chi connectivity index (χ1v) is 3.25. The number of nitriles is 3. The summed E-state index contributed by atoms with van der Waals surface area (Å²) >= 11 is 0. The second-order valence-electron chi connectivity index (χ2n) is 1.58. The molecular weight excluding hydrogens is 150 g/mol. The molecule has 0 heterocycles. The molecule has 0 saturated heterocycles. The van der Waals surface area contributed by atoms with Gasteiger partial charge < -0.3 is 0 Å². The van der Waals surface area contributed by atoms with Gasteiger partial charge in [0.1, 0.15) is 0 Å². The van der Waals surface area contributed by atoms with Crippen LogP contribution in [0.1, 0.15) is 12.8 Å². The highest BCUT2D eigenvalue weighted by Gasteiger charge is 1.69. The zero-order valence-electron chi connectivity index (χ0n) is 6.70. The van der Waals surface area contributed by atoms with E-state index in [1.165, 1.54) is 0 Å². The predicted octanol–water partition coefficient (Wildman–Crippen LogP) is 2.07. The standard InChI is InChI=1S/C5H7N.C4H2N2/c1-2-3-4-5-6;5-3-1-2-4-6/h2H,1,3-4H2;1-2H. The van der Waals surface area contributed by atoms with Crippen LogP contribution in [-0.2, 0) is 0 Å². The van der Waals surface area contributed by atoms with Gasteiger partial charge in [0.15, 0.2) is 0 Å². The smallest absolute Gasteiger partial charge is 0.0919 e. The van der Waals surface area contributed by atoms with E-state index in [0.29, 0.717) is 6.42 Å². The Morgan fingerprint density at radius 3 is 1.75 bits per heavy atom. The zero-order chi connectivity index (χ0) is 9.66. The molecule has 0 aliphatic heterocycles. The SMILES string of the molecule is C=CCCC#N.N#CC=CC#N. The van der Waals surface area contributed by atoms with Crippen LogP contribution in [0.5, 0.6) is 0 Å². The number of hydrogen-bond donors (Lipinski definition) is 0. The Labute approximate surface area is 72.5 Å². The lowest BCUT2D eigenvalue weighted by Crippen LogP contribution is -1.57. The van der Waals surface area contributed by atoms with Gasteiger partial charge in [-0.05, 0) is 6.42 Å². The Bertz CT molecular complexity index is 228. The predicted molar refractivity (Wildman–Crippen MR) is 45.4 cm³/mol. The number of hydrogen-bond acceptors (Lipinski definition) is 3. The molecule has 0 bridgehead atoms. The van der Waals surface area contributed by atoms with E-state index in [9.17, 15) is 0 Å². The van der Waals surface area contributed by atoms with Crippen LogP contribution in [0.3, 0.4) is 0 Å². The van der Waals surface area contributed by atoms with Gasteiger partial charge in [-0.15, -0.1) is 6.58 Å². The Balaban J connectivity index is 0. The first-order chi connectivity index (χ1) is 5.83. The molecule has 0 aromatic carbocycles. The third-order valence-electron chi connectivity index (χ3n) is 0.693. The molecule has 0 aromatic rings. The summed E-state index contributed by atoms with van der Waals surface area (Å²) in [6.07, 6.45) is 5.41. The van der Waals surface area contributed by atoms with Crippen molar-refractivity contribution in [3.8, 4) is 18.2 Å². The minimum Gasteiger partial charge on any atom is -0.198 e. The first-order valence-electron chi connectivity index (χ1n) is 3.25. The number of nitrogens with zero attached hydrogens (tertiary/aromatic N) is 3. The molecule has 0 fully saturated rings. The number of allylic oxidation sites excluding steroid dienone is 3. The van der Waals surface area contributed by atoms with Crippen molar-refractivity contribution < 1.29 is 0 Å². The molecule has 0 spiro atoms. The topological polar surface area (TPSA) is 71.4 Å². The van der Waals surface area contributed by atoms with Gasteiger partial charge in [0.25, 0.3) is 0 Å². The molecule has 3 nitrogen and oxygen atoms in total. The molecule has 0 N–H and O–H groups in total. The van der Waals surface area contributed by atoms with Crippen LogP contribution >= 0.6 is 0 Å². The Kier molecular flexibility index (Phi) is 16.8. The van der Waals surface area contributed by atoms with Crippen molar-refractivity contribution in [1.29, 1.82) is 15.8 Å². The number of rotatable bonds is 2. The molecule has 60 valence electrons. The van der Waals surface area contributed by atoms with Crippen LogP contribution in [0.2, 0.25) is 0 Å². The Morgan fingerprint density at radius 2 is 1.58 bits per heavy atom. The van der Waals surface area contributed by atoms with E-state index in [-0.39, 0.29) is 0 Å². The molecule has 0 aliphatic rings. The highest BCUT2D eigenvalue weighted by molar-refractivity contribution is 5.11. The van der Waals surface area contributed by atoms with Crippen molar-refractivity contribution >= 4 is 0 Å². The average molecular weight is 159 g/mol. The summed E-state index contributed by atoms with van der Waals surface area (Å²) in [5.74, 6) is 0. The van der Waals surface area contributed by atoms with Gasteiger partial charge in [0.05, 0.1) is 18.2 Å². The lowest BCUT2D eigenvalue weighted by molar-refractivity contribution is 1.07. The maximum Gasteiger partial charge on any atom is 0.0919 e. The summed E-state index contributed by atoms with van der Waals surface area (Å²) in [7, 11) is 0. The molecule has 0 radical (unpaired) electrons. The molecule has 0 rings (SSSR count). The largest absolute Gasteiger partial charge is 0.198 e. The summed E-state index contributed by atoms with van der Waals surface area (Å²) < 4.78 is 0. The molecule has 3 heteroatoms. The van der Waals surface area contributed by atoms with Crippen LogP contribution < -0.4 is 0 Å². The Morgan fingerprint density at radius 1 is 1.08 bits per heavy atom. The van der Waals surface area contributed by atoms with Gasteiger partial charge >= 0.3 is 0 Å². The van der Waals surface area contributed by atoms with E-state index in [1.54, 1.807) is 18.2 Å². The third kappa shape index (κ3) is 24.6. The van der Waals surface area contributed by atoms with Crippen LogP contribution in [0.25, 0.3) is 0 Å². The maximum absolute atomic E-state index is 7.90. The summed E-state index contributed by atoms with van der Waals surface area (Å²) in [6, 6.07) is 5.33. The minimum absolute atomic E-state index is 0.601. The van der Waals surface area contributed by atoms with E-state index >= 15 is 0 Å². The van der Waals surface area contributed by atoms with Crippen molar-refractivity contribution in [2.24, 2.45) is 0 Å². The van der Waals surface area contributed by atoms with Gasteiger partial charge in [-0.25, -0.2) is 0 Å². The van der Waals surface area contributed by atoms with Gasteiger partial charge in [-0.3, -0.25) is 0 Å². The fraction of sp³-hybridized carbons (Fsp3) is 0.222. The quantitative estimate of drug-likeness (QED) is 0.351. The van der Waals surface area contributed by atoms with Crippen molar-refractivity contribution in [1.82, 2.24) is 0 Å². The summed E-state index contributed by atoms with van der Waals surface area (Å²) in [5, 5.41) is 23.3. The highest BCUT2D eigenvalue weighted by Crippen LogP contribution is 1.82. The van der Waals surface area contributed by atoms with Crippen LogP contribution in [-0.4, -0.2) is 0 Å². The molecule has 0 amide bonds. The monoisotopic (exact) mass is 159 g/mol. The van der Waals surface area contributed by atoms with Crippen LogP contribution in [0.15, 0.2) is 24.8 Å². The minimum atomic E-state index is 0.601. The van der Waals surface area contributed by atoms with Crippen LogP contribution in [0, 0.1) is 34.0 Å². The second kappa shape index (κ2) is 16.0. The molecule has 0 saturated carbocycles. The first kappa shape index (κ1) is 12.6. The Hall–Kier alpha value is -2.05. The normalized spacial score (nSPS) is 6.75. The molecule has 0 aliphatic carbocycles. The van der Waals surface area contributed by atoms with Gasteiger partial charge in [0, 0.05) is 18.6 Å². The average Bonchev–Trinajstić information content (AvgIpc) is 2.12. The highest BCUT2D eigenvalue weighted by atomic mass is 14.2. The third-order valence-corrected chi connectivity index (χ3v) is 0.693. The second-order valence-corrected chi connectivity index (χ2v) is 1.58. The van der Waals surface area contributed by atoms with Gasteiger partial charge in [0.2, 0.25) is 0 Å². The lowest BCUT2D eigenvalue weighted by Gasteiger charge is -1.70. The molecular formula is C9H9N3. The molecule has 0 unspecified atom stereocenters. The van der Waals surface area contributed by atoms with E-state index < -0.39 is 0 Å². The molecule has 12 heavy (non-hydrogen) atoms. The van der Waals surface area contributed by atoms with E-state index in [4.69, 9.17) is 15.8 Å². The molecule has 0 atom stereocenters. The van der Waals surface area contributed by atoms with Gasteiger partial charge in [-0.2, -0.15) is 15.8 Å². The van der Waals surface area contributed by atoms with Crippen molar-refractivity contribution in [3.05, 3.63) is 24.8 Å². The maximum atomic E-state index is 7.90. The summed E-state index contributed by atoms with van der Waals surface area (Å²) in [4.78, 5) is 0. The van der Waals surface area contributed by atoms with Crippen molar-refractivity contribution in [3.63, 3.8) is 0 Å². The van der Waals surface area contributed by atoms with Crippen LogP contribution in [0.4, 0.5) is 0 Å². The fourth-order valence-corrected chi connectivity index (χ4v) is 0.241. The van der Waals surface area contributed by atoms with E-state index in [0.717, 1.165) is 18.6 Å². The summed E-state index contributed by atoms with van der Waals surface area (Å²) in [5.41, 5.74) is 0. The van der Waals surface area contributed by atoms with E-state index in [2.05, 4.69) is 6.58 Å². The van der Waals surface area contributed by atoms with E-state index in [1.807, 2.05) is 6.07 Å². The van der Waals surface area contributed by atoms with Crippen molar-refractivity contribution in [2.45, 2.75) is 12.8 Å². The number of unbranched alkanes of at least 4 members (excludes halogenated alkanes) is 1. The fourth-order valence-electron chi connectivity index (χ4n) is 0.241. The zero-order valence-corrected chi connectivity index (χ0v) is 6.70. The molecule has 0 aromatic heterocycles. The lowest BCUT2D eigenvalue weighted by atomic mass is 10.3. The van der Waals surface area contributed by atoms with Crippen molar-refractivity contribution in [2.75, 3.05) is 0 Å². The van der Waals surface area contributed by atoms with Gasteiger partial charge in [-0.1, -0.05) is 6.08 Å². The summed E-state index contributed by atoms with van der Waals surface area (Å²) in [6.45, 7) is 3.45.